The Morgan fingerprint density at radius 3 is 2.54 bits per heavy atom. The number of fused-ring (bicyclic) bond motifs is 6. The highest BCUT2D eigenvalue weighted by Gasteiger charge is 2.23. The van der Waals surface area contributed by atoms with Crippen molar-refractivity contribution in [2.45, 2.75) is 19.3 Å². The number of allylic oxidation sites excluding steroid dienone is 7. The van der Waals surface area contributed by atoms with Crippen LogP contribution >= 0.6 is 0 Å². The van der Waals surface area contributed by atoms with Crippen LogP contribution in [-0.2, 0) is 6.42 Å². The summed E-state index contributed by atoms with van der Waals surface area (Å²) in [6.45, 7) is 0. The van der Waals surface area contributed by atoms with Crippen LogP contribution in [0, 0.1) is 22.7 Å². The average Bonchev–Trinajstić information content (AvgIpc) is 3.39. The normalized spacial score (nSPS) is 15.0. The van der Waals surface area contributed by atoms with Crippen molar-refractivity contribution in [2.75, 3.05) is 0 Å². The monoisotopic (exact) mass is 475 g/mol. The number of nitrogens with zero attached hydrogens (tertiary/aromatic N) is 3. The van der Waals surface area contributed by atoms with Crippen molar-refractivity contribution in [1.29, 1.82) is 10.5 Å². The molecule has 2 aromatic heterocycles. The van der Waals surface area contributed by atoms with Crippen LogP contribution in [0.1, 0.15) is 35.2 Å². The van der Waals surface area contributed by atoms with Crippen molar-refractivity contribution >= 4 is 50.2 Å². The van der Waals surface area contributed by atoms with Gasteiger partial charge in [0, 0.05) is 34.0 Å². The molecular formula is C33H21N3O. The van der Waals surface area contributed by atoms with Crippen molar-refractivity contribution < 1.29 is 4.42 Å². The minimum absolute atomic E-state index is 0.610. The molecule has 2 heterocycles. The number of rotatable bonds is 2. The lowest BCUT2D eigenvalue weighted by molar-refractivity contribution is 0.669. The molecule has 4 nitrogen and oxygen atoms in total. The summed E-state index contributed by atoms with van der Waals surface area (Å²) in [6, 6.07) is 24.9. The van der Waals surface area contributed by atoms with Crippen LogP contribution < -0.4 is 0 Å². The molecule has 2 aliphatic rings. The van der Waals surface area contributed by atoms with Gasteiger partial charge in [-0.3, -0.25) is 0 Å². The van der Waals surface area contributed by atoms with E-state index >= 15 is 0 Å². The first kappa shape index (κ1) is 21.2. The second-order valence-electron chi connectivity index (χ2n) is 9.49. The molecule has 2 aliphatic carbocycles. The Morgan fingerprint density at radius 1 is 0.838 bits per heavy atom. The molecule has 7 rings (SSSR count). The van der Waals surface area contributed by atoms with Crippen molar-refractivity contribution in [1.82, 2.24) is 4.57 Å². The molecule has 3 aromatic carbocycles. The van der Waals surface area contributed by atoms with Crippen LogP contribution in [0.15, 0.2) is 95.0 Å². The van der Waals surface area contributed by atoms with Crippen molar-refractivity contribution in [3.63, 3.8) is 0 Å². The van der Waals surface area contributed by atoms with Crippen LogP contribution in [0.3, 0.4) is 0 Å². The fourth-order valence-corrected chi connectivity index (χ4v) is 5.72. The molecule has 0 aliphatic heterocycles. The third-order valence-corrected chi connectivity index (χ3v) is 7.45. The maximum atomic E-state index is 10.1. The zero-order chi connectivity index (χ0) is 24.9. The van der Waals surface area contributed by atoms with Gasteiger partial charge in [-0.15, -0.1) is 0 Å². The molecule has 0 saturated heterocycles. The van der Waals surface area contributed by atoms with Gasteiger partial charge in [0.05, 0.1) is 22.7 Å². The van der Waals surface area contributed by atoms with Gasteiger partial charge >= 0.3 is 0 Å². The number of aryl methyl sites for hydroxylation is 1. The first-order valence-corrected chi connectivity index (χ1v) is 12.4. The number of hydrogen-bond acceptors (Lipinski definition) is 3. The topological polar surface area (TPSA) is 65.7 Å². The number of aromatic nitrogens is 1. The van der Waals surface area contributed by atoms with E-state index in [4.69, 9.17) is 4.42 Å². The number of para-hydroxylation sites is 1. The van der Waals surface area contributed by atoms with Crippen LogP contribution in [0.2, 0.25) is 0 Å². The van der Waals surface area contributed by atoms with Crippen molar-refractivity contribution in [3.05, 3.63) is 113 Å². The Balaban J connectivity index is 1.40. The summed E-state index contributed by atoms with van der Waals surface area (Å²) in [5, 5.41) is 22.7. The molecule has 5 aromatic rings. The number of hydrogen-bond donors (Lipinski definition) is 0. The fourth-order valence-electron chi connectivity index (χ4n) is 5.72. The molecule has 0 fully saturated rings. The van der Waals surface area contributed by atoms with Gasteiger partial charge in [0.25, 0.3) is 0 Å². The third-order valence-electron chi connectivity index (χ3n) is 7.45. The molecule has 0 N–H and O–H groups in total. The van der Waals surface area contributed by atoms with E-state index in [0.717, 1.165) is 57.1 Å². The summed E-state index contributed by atoms with van der Waals surface area (Å²) < 4.78 is 8.32. The minimum atomic E-state index is 0.610. The molecule has 0 unspecified atom stereocenters. The van der Waals surface area contributed by atoms with E-state index in [0.29, 0.717) is 17.6 Å². The largest absolute Gasteiger partial charge is 0.456 e. The van der Waals surface area contributed by atoms with E-state index in [1.807, 2.05) is 30.4 Å². The van der Waals surface area contributed by atoms with Crippen LogP contribution in [0.5, 0.6) is 0 Å². The second-order valence-corrected chi connectivity index (χ2v) is 9.49. The number of nitriles is 2. The maximum Gasteiger partial charge on any atom is 0.135 e. The van der Waals surface area contributed by atoms with Crippen molar-refractivity contribution in [2.24, 2.45) is 0 Å². The Morgan fingerprint density at radius 2 is 1.68 bits per heavy atom. The summed E-state index contributed by atoms with van der Waals surface area (Å²) in [6.07, 6.45) is 13.1. The zero-order valence-electron chi connectivity index (χ0n) is 20.0. The highest BCUT2D eigenvalue weighted by atomic mass is 16.3. The van der Waals surface area contributed by atoms with Gasteiger partial charge < -0.3 is 8.98 Å². The highest BCUT2D eigenvalue weighted by Crippen LogP contribution is 2.40. The molecule has 174 valence electrons. The van der Waals surface area contributed by atoms with Gasteiger partial charge in [0.15, 0.2) is 0 Å². The van der Waals surface area contributed by atoms with E-state index < -0.39 is 0 Å². The third kappa shape index (κ3) is 3.28. The molecule has 0 radical (unpaired) electrons. The van der Waals surface area contributed by atoms with Gasteiger partial charge in [-0.25, -0.2) is 0 Å². The average molecular weight is 476 g/mol. The van der Waals surface area contributed by atoms with E-state index in [1.165, 1.54) is 16.6 Å². The second kappa shape index (κ2) is 8.26. The predicted molar refractivity (Wildman–Crippen MR) is 148 cm³/mol. The first-order chi connectivity index (χ1) is 18.2. The quantitative estimate of drug-likeness (QED) is 0.259. The standard InChI is InChI=1S/C33H21N3O/c34-19-21-12-14-32-27(16-21)28-17-23(13-15-33(28)37-32)22-6-5-7-24(20-35)31(18-22)36-29-10-3-1-8-25(29)26-9-2-4-11-30(26)36/h1,3-8,10-17H,2,9,18H2. The zero-order valence-corrected chi connectivity index (χ0v) is 20.0. The highest BCUT2D eigenvalue weighted by molar-refractivity contribution is 6.06. The van der Waals surface area contributed by atoms with E-state index in [1.54, 1.807) is 6.07 Å². The molecule has 0 atom stereocenters. The maximum absolute atomic E-state index is 10.1. The summed E-state index contributed by atoms with van der Waals surface area (Å²) in [7, 11) is 0. The van der Waals surface area contributed by atoms with Gasteiger partial charge in [-0.2, -0.15) is 10.5 Å². The molecule has 0 amide bonds. The van der Waals surface area contributed by atoms with E-state index in [9.17, 15) is 10.5 Å². The Bertz CT molecular complexity index is 1980. The van der Waals surface area contributed by atoms with Crippen molar-refractivity contribution in [3.8, 4) is 12.1 Å². The first-order valence-electron chi connectivity index (χ1n) is 12.4. The van der Waals surface area contributed by atoms with Crippen LogP contribution in [0.4, 0.5) is 0 Å². The van der Waals surface area contributed by atoms with Gasteiger partial charge in [0.2, 0.25) is 0 Å². The summed E-state index contributed by atoms with van der Waals surface area (Å²) in [5.74, 6) is 0. The fraction of sp³-hybridized carbons (Fsp3) is 0.0909. The lowest BCUT2D eigenvalue weighted by Crippen LogP contribution is -2.05. The van der Waals surface area contributed by atoms with Gasteiger partial charge in [0.1, 0.15) is 17.2 Å². The Hall–Kier alpha value is -5.06. The lowest BCUT2D eigenvalue weighted by Gasteiger charge is -2.18. The summed E-state index contributed by atoms with van der Waals surface area (Å²) >= 11 is 0. The van der Waals surface area contributed by atoms with E-state index in [2.05, 4.69) is 71.3 Å². The molecule has 0 bridgehead atoms. The molecular weight excluding hydrogens is 454 g/mol. The van der Waals surface area contributed by atoms with Gasteiger partial charge in [-0.1, -0.05) is 42.5 Å². The minimum Gasteiger partial charge on any atom is -0.456 e. The summed E-state index contributed by atoms with van der Waals surface area (Å²) in [4.78, 5) is 0. The lowest BCUT2D eigenvalue weighted by atomic mass is 9.97. The van der Waals surface area contributed by atoms with Gasteiger partial charge in [-0.05, 0) is 78.1 Å². The molecule has 37 heavy (non-hydrogen) atoms. The SMILES string of the molecule is N#CC1=C(n2c3c(c4ccccc42)CCC=C3)CC(c2ccc3oc4ccc(C#N)cc4c3c2)=CC=C1. The number of benzene rings is 3. The predicted octanol–water partition coefficient (Wildman–Crippen LogP) is 8.15. The van der Waals surface area contributed by atoms with E-state index in [-0.39, 0.29) is 0 Å². The molecule has 0 saturated carbocycles. The Labute approximate surface area is 214 Å². The number of furan rings is 1. The Kier molecular flexibility index (Phi) is 4.74. The van der Waals surface area contributed by atoms with Crippen LogP contribution in [-0.4, -0.2) is 4.57 Å². The molecule has 0 spiro atoms. The summed E-state index contributed by atoms with van der Waals surface area (Å²) in [5.41, 5.74) is 9.67. The van der Waals surface area contributed by atoms with Crippen LogP contribution in [0.25, 0.3) is 50.2 Å². The smallest absolute Gasteiger partial charge is 0.135 e. The molecule has 4 heteroatoms.